The van der Waals surface area contributed by atoms with Gasteiger partial charge in [-0.2, -0.15) is 0 Å². The topological polar surface area (TPSA) is 20.3 Å². The van der Waals surface area contributed by atoms with Crippen molar-refractivity contribution in [3.8, 4) is 0 Å². The molecule has 1 aliphatic heterocycles. The highest BCUT2D eigenvalue weighted by Crippen LogP contribution is 2.38. The van der Waals surface area contributed by atoms with Crippen molar-refractivity contribution < 1.29 is 4.79 Å². The van der Waals surface area contributed by atoms with E-state index < -0.39 is 0 Å². The highest BCUT2D eigenvalue weighted by atomic mass is 79.9. The van der Waals surface area contributed by atoms with Gasteiger partial charge in [-0.1, -0.05) is 63.6 Å². The Bertz CT molecular complexity index is 854. The maximum atomic E-state index is 12.7. The number of halogens is 3. The van der Waals surface area contributed by atoms with Crippen molar-refractivity contribution in [2.24, 2.45) is 0 Å². The van der Waals surface area contributed by atoms with Gasteiger partial charge in [0.1, 0.15) is 0 Å². The van der Waals surface area contributed by atoms with Crippen LogP contribution in [0.25, 0.3) is 6.08 Å². The van der Waals surface area contributed by atoms with Crippen LogP contribution in [0.3, 0.4) is 0 Å². The number of rotatable bonds is 2. The molecule has 0 bridgehead atoms. The van der Waals surface area contributed by atoms with Crippen LogP contribution in [-0.2, 0) is 4.79 Å². The molecule has 2 aromatic carbocycles. The van der Waals surface area contributed by atoms with Crippen LogP contribution in [0.1, 0.15) is 5.56 Å². The maximum Gasteiger partial charge on any atom is 0.270 e. The molecule has 7 heteroatoms. The second-order valence-electron chi connectivity index (χ2n) is 4.67. The van der Waals surface area contributed by atoms with Gasteiger partial charge in [0.25, 0.3) is 5.91 Å². The average molecular weight is 490 g/mol. The van der Waals surface area contributed by atoms with Crippen LogP contribution in [0.2, 0.25) is 5.02 Å². The van der Waals surface area contributed by atoms with E-state index in [1.165, 1.54) is 16.7 Å². The third kappa shape index (κ3) is 3.72. The molecule has 2 nitrogen and oxygen atoms in total. The molecule has 0 spiro atoms. The minimum atomic E-state index is -0.140. The number of hydrogen-bond donors (Lipinski definition) is 0. The van der Waals surface area contributed by atoms with Gasteiger partial charge >= 0.3 is 0 Å². The minimum Gasteiger partial charge on any atom is -0.268 e. The highest BCUT2D eigenvalue weighted by Gasteiger charge is 2.33. The van der Waals surface area contributed by atoms with Crippen LogP contribution >= 0.6 is 67.4 Å². The van der Waals surface area contributed by atoms with Crippen LogP contribution in [0, 0.1) is 0 Å². The number of carbonyl (C=O) groups excluding carboxylic acids is 1. The van der Waals surface area contributed by atoms with Gasteiger partial charge < -0.3 is 0 Å². The number of anilines is 1. The summed E-state index contributed by atoms with van der Waals surface area (Å²) in [5, 5.41) is 0.535. The Hall–Kier alpha value is -0.660. The summed E-state index contributed by atoms with van der Waals surface area (Å²) in [6.45, 7) is 0. The van der Waals surface area contributed by atoms with E-state index >= 15 is 0 Å². The highest BCUT2D eigenvalue weighted by molar-refractivity contribution is 9.10. The molecule has 0 saturated carbocycles. The second kappa shape index (κ2) is 7.07. The van der Waals surface area contributed by atoms with Crippen molar-refractivity contribution in [2.75, 3.05) is 4.90 Å². The summed E-state index contributed by atoms with van der Waals surface area (Å²) >= 11 is 19.5. The summed E-state index contributed by atoms with van der Waals surface area (Å²) in [6.07, 6.45) is 1.84. The molecule has 1 amide bonds. The van der Waals surface area contributed by atoms with E-state index in [4.69, 9.17) is 23.8 Å². The summed E-state index contributed by atoms with van der Waals surface area (Å²) in [5.74, 6) is -0.140. The second-order valence-corrected chi connectivity index (χ2v) is 8.52. The molecule has 0 N–H and O–H groups in total. The van der Waals surface area contributed by atoms with Crippen molar-refractivity contribution in [3.05, 3.63) is 66.9 Å². The lowest BCUT2D eigenvalue weighted by Gasteiger charge is -2.15. The zero-order valence-corrected chi connectivity index (χ0v) is 17.0. The fourth-order valence-corrected chi connectivity index (χ4v) is 4.20. The predicted molar refractivity (Wildman–Crippen MR) is 109 cm³/mol. The van der Waals surface area contributed by atoms with Gasteiger partial charge in [0.05, 0.1) is 15.6 Å². The lowest BCUT2D eigenvalue weighted by Crippen LogP contribution is -2.27. The molecule has 2 aromatic rings. The number of hydrogen-bond acceptors (Lipinski definition) is 3. The molecule has 0 unspecified atom stereocenters. The molecule has 3 rings (SSSR count). The fourth-order valence-electron chi connectivity index (χ4n) is 2.06. The number of amides is 1. The SMILES string of the molecule is O=C1/C(=C\c2cccc(Br)c2)SC(=S)N1c1ccc(Br)c(Cl)c1. The van der Waals surface area contributed by atoms with Crippen molar-refractivity contribution >= 4 is 89.4 Å². The normalized spacial score (nSPS) is 16.5. The van der Waals surface area contributed by atoms with Gasteiger partial charge in [-0.3, -0.25) is 9.69 Å². The Morgan fingerprint density at radius 3 is 2.65 bits per heavy atom. The molecule has 0 aromatic heterocycles. The minimum absolute atomic E-state index is 0.140. The monoisotopic (exact) mass is 487 g/mol. The van der Waals surface area contributed by atoms with Gasteiger partial charge in [0, 0.05) is 8.95 Å². The number of nitrogens with zero attached hydrogens (tertiary/aromatic N) is 1. The zero-order chi connectivity index (χ0) is 16.6. The van der Waals surface area contributed by atoms with E-state index in [0.29, 0.717) is 19.9 Å². The van der Waals surface area contributed by atoms with E-state index in [0.717, 1.165) is 14.5 Å². The van der Waals surface area contributed by atoms with E-state index in [1.807, 2.05) is 36.4 Å². The standard InChI is InChI=1S/C16H8Br2ClNOS2/c17-10-3-1-2-9(6-10)7-14-15(21)20(16(22)23-14)11-4-5-12(18)13(19)8-11/h1-8H/b14-7+. The third-order valence-corrected chi connectivity index (χ3v) is 6.13. The van der Waals surface area contributed by atoms with Crippen LogP contribution in [0.15, 0.2) is 56.3 Å². The van der Waals surface area contributed by atoms with E-state index in [1.54, 1.807) is 12.1 Å². The summed E-state index contributed by atoms with van der Waals surface area (Å²) in [4.78, 5) is 14.8. The van der Waals surface area contributed by atoms with E-state index in [-0.39, 0.29) is 5.91 Å². The zero-order valence-electron chi connectivity index (χ0n) is 11.4. The van der Waals surface area contributed by atoms with Crippen molar-refractivity contribution in [1.82, 2.24) is 0 Å². The van der Waals surface area contributed by atoms with E-state index in [2.05, 4.69) is 31.9 Å². The van der Waals surface area contributed by atoms with Crippen LogP contribution in [-0.4, -0.2) is 10.2 Å². The molecule has 0 radical (unpaired) electrons. The largest absolute Gasteiger partial charge is 0.270 e. The van der Waals surface area contributed by atoms with Crippen LogP contribution in [0.4, 0.5) is 5.69 Å². The lowest BCUT2D eigenvalue weighted by molar-refractivity contribution is -0.113. The maximum absolute atomic E-state index is 12.7. The molecule has 1 heterocycles. The summed E-state index contributed by atoms with van der Waals surface area (Å²) in [5.41, 5.74) is 1.60. The third-order valence-electron chi connectivity index (χ3n) is 3.10. The quantitative estimate of drug-likeness (QED) is 0.366. The van der Waals surface area contributed by atoms with Gasteiger partial charge in [0.2, 0.25) is 0 Å². The Labute approximate surface area is 165 Å². The lowest BCUT2D eigenvalue weighted by atomic mass is 10.2. The summed E-state index contributed by atoms with van der Waals surface area (Å²) in [6, 6.07) is 13.1. The number of thioether (sulfide) groups is 1. The molecule has 0 atom stereocenters. The fraction of sp³-hybridized carbons (Fsp3) is 0. The molecule has 116 valence electrons. The molecule has 23 heavy (non-hydrogen) atoms. The Balaban J connectivity index is 1.95. The van der Waals surface area contributed by atoms with Crippen molar-refractivity contribution in [2.45, 2.75) is 0 Å². The van der Waals surface area contributed by atoms with Crippen molar-refractivity contribution in [3.63, 3.8) is 0 Å². The van der Waals surface area contributed by atoms with E-state index in [9.17, 15) is 4.79 Å². The summed E-state index contributed by atoms with van der Waals surface area (Å²) in [7, 11) is 0. The molecule has 1 saturated heterocycles. The first kappa shape index (κ1) is 17.2. The van der Waals surface area contributed by atoms with Gasteiger partial charge in [-0.05, 0) is 57.9 Å². The smallest absolute Gasteiger partial charge is 0.268 e. The molecular formula is C16H8Br2ClNOS2. The molecule has 1 fully saturated rings. The Morgan fingerprint density at radius 1 is 1.17 bits per heavy atom. The number of thiocarbonyl (C=S) groups is 1. The summed E-state index contributed by atoms with van der Waals surface area (Å²) < 4.78 is 2.23. The van der Waals surface area contributed by atoms with Crippen LogP contribution in [0.5, 0.6) is 0 Å². The van der Waals surface area contributed by atoms with Gasteiger partial charge in [0.15, 0.2) is 4.32 Å². The average Bonchev–Trinajstić information content (AvgIpc) is 2.77. The molecule has 0 aliphatic carbocycles. The first-order chi connectivity index (χ1) is 11.0. The predicted octanol–water partition coefficient (Wildman–Crippen LogP) is 6.27. The first-order valence-electron chi connectivity index (χ1n) is 6.44. The Morgan fingerprint density at radius 2 is 1.96 bits per heavy atom. The van der Waals surface area contributed by atoms with Crippen LogP contribution < -0.4 is 4.90 Å². The first-order valence-corrected chi connectivity index (χ1v) is 9.63. The number of carbonyl (C=O) groups is 1. The Kier molecular flexibility index (Phi) is 5.28. The van der Waals surface area contributed by atoms with Crippen molar-refractivity contribution in [1.29, 1.82) is 0 Å². The number of benzene rings is 2. The molecule has 1 aliphatic rings. The van der Waals surface area contributed by atoms with Gasteiger partial charge in [-0.25, -0.2) is 0 Å². The molecular weight excluding hydrogens is 482 g/mol. The van der Waals surface area contributed by atoms with Gasteiger partial charge in [-0.15, -0.1) is 0 Å².